The molecule has 1 aromatic heterocycles. The fourth-order valence-corrected chi connectivity index (χ4v) is 3.12. The van der Waals surface area contributed by atoms with Crippen LogP contribution < -0.4 is 5.32 Å². The molecule has 20 heavy (non-hydrogen) atoms. The molecule has 0 saturated carbocycles. The summed E-state index contributed by atoms with van der Waals surface area (Å²) in [4.78, 5) is 24.6. The van der Waals surface area contributed by atoms with Crippen molar-refractivity contribution in [2.24, 2.45) is 0 Å². The molecule has 1 aliphatic rings. The minimum Gasteiger partial charge on any atom is -0.378 e. The Kier molecular flexibility index (Phi) is 3.42. The summed E-state index contributed by atoms with van der Waals surface area (Å²) >= 11 is 7.20. The van der Waals surface area contributed by atoms with Gasteiger partial charge in [-0.25, -0.2) is 0 Å². The third-order valence-electron chi connectivity index (χ3n) is 3.03. The molecule has 0 atom stereocenters. The van der Waals surface area contributed by atoms with Crippen molar-refractivity contribution in [3.05, 3.63) is 68.5 Å². The second-order valence-electron chi connectivity index (χ2n) is 4.40. The number of fused-ring (bicyclic) bond motifs is 1. The molecule has 0 aliphatic heterocycles. The molecular weight excluding hydrogens is 294 g/mol. The van der Waals surface area contributed by atoms with Crippen LogP contribution in [0.3, 0.4) is 0 Å². The lowest BCUT2D eigenvalue weighted by molar-refractivity contribution is 0.0981. The second kappa shape index (κ2) is 5.23. The van der Waals surface area contributed by atoms with Gasteiger partial charge in [0.15, 0.2) is 5.78 Å². The Hall–Kier alpha value is -1.91. The van der Waals surface area contributed by atoms with E-state index >= 15 is 0 Å². The highest BCUT2D eigenvalue weighted by Gasteiger charge is 2.26. The first-order valence-electron chi connectivity index (χ1n) is 6.01. The minimum atomic E-state index is -0.130. The van der Waals surface area contributed by atoms with Gasteiger partial charge in [0.05, 0.1) is 10.6 Å². The predicted molar refractivity (Wildman–Crippen MR) is 79.4 cm³/mol. The van der Waals surface area contributed by atoms with Crippen LogP contribution in [0, 0.1) is 0 Å². The van der Waals surface area contributed by atoms with Crippen molar-refractivity contribution in [1.29, 1.82) is 0 Å². The summed E-state index contributed by atoms with van der Waals surface area (Å²) in [5, 5.41) is 5.42. The van der Waals surface area contributed by atoms with Crippen molar-refractivity contribution in [3.63, 3.8) is 0 Å². The van der Waals surface area contributed by atoms with Gasteiger partial charge < -0.3 is 5.32 Å². The molecule has 1 aromatic carbocycles. The number of carbonyl (C=O) groups is 2. The Morgan fingerprint density at radius 2 is 2.05 bits per heavy atom. The van der Waals surface area contributed by atoms with Crippen LogP contribution in [0.5, 0.6) is 0 Å². The average molecular weight is 304 g/mol. The molecule has 0 spiro atoms. The lowest BCUT2D eigenvalue weighted by atomic mass is 10.0. The third-order valence-corrected chi connectivity index (χ3v) is 4.18. The molecule has 2 aromatic rings. The molecule has 5 heteroatoms. The van der Waals surface area contributed by atoms with Crippen LogP contribution >= 0.6 is 22.9 Å². The van der Waals surface area contributed by atoms with E-state index in [-0.39, 0.29) is 11.6 Å². The fraction of sp³-hybridized carbons (Fsp3) is 0.0667. The Bertz CT molecular complexity index is 733. The maximum atomic E-state index is 12.2. The van der Waals surface area contributed by atoms with E-state index in [0.29, 0.717) is 27.7 Å². The van der Waals surface area contributed by atoms with E-state index in [9.17, 15) is 9.59 Å². The van der Waals surface area contributed by atoms with E-state index in [1.165, 1.54) is 17.4 Å². The maximum Gasteiger partial charge on any atom is 0.219 e. The van der Waals surface area contributed by atoms with E-state index in [1.807, 2.05) is 18.2 Å². The van der Waals surface area contributed by atoms with Crippen molar-refractivity contribution >= 4 is 34.5 Å². The minimum absolute atomic E-state index is 0.128. The number of rotatable bonds is 3. The van der Waals surface area contributed by atoms with E-state index < -0.39 is 0 Å². The predicted octanol–water partition coefficient (Wildman–Crippen LogP) is 3.45. The summed E-state index contributed by atoms with van der Waals surface area (Å²) < 4.78 is 0. The van der Waals surface area contributed by atoms with Crippen LogP contribution in [0.4, 0.5) is 0 Å². The van der Waals surface area contributed by atoms with Crippen molar-refractivity contribution in [1.82, 2.24) is 5.32 Å². The quantitative estimate of drug-likeness (QED) is 0.944. The third kappa shape index (κ3) is 2.40. The summed E-state index contributed by atoms with van der Waals surface area (Å²) in [6, 6.07) is 9.05. The molecule has 3 rings (SSSR count). The standard InChI is InChI=1S/C15H10ClNO2S/c16-10-3-1-2-9(6-10)8-17-12-7-13(18)11-4-5-20-15(11)14(12)19/h1-7,17H,8H2. The summed E-state index contributed by atoms with van der Waals surface area (Å²) in [7, 11) is 0. The molecule has 0 radical (unpaired) electrons. The van der Waals surface area contributed by atoms with E-state index in [0.717, 1.165) is 5.56 Å². The molecule has 0 saturated heterocycles. The zero-order valence-electron chi connectivity index (χ0n) is 10.4. The van der Waals surface area contributed by atoms with E-state index in [2.05, 4.69) is 5.32 Å². The number of nitrogens with one attached hydrogen (secondary N) is 1. The highest BCUT2D eigenvalue weighted by molar-refractivity contribution is 7.12. The number of hydrogen-bond donors (Lipinski definition) is 1. The van der Waals surface area contributed by atoms with Gasteiger partial charge in [-0.3, -0.25) is 9.59 Å². The monoisotopic (exact) mass is 303 g/mol. The molecule has 1 aliphatic carbocycles. The summed E-state index contributed by atoms with van der Waals surface area (Å²) in [5.41, 5.74) is 1.79. The van der Waals surface area contributed by atoms with Crippen LogP contribution in [0.1, 0.15) is 25.6 Å². The van der Waals surface area contributed by atoms with Gasteiger partial charge in [0.1, 0.15) is 0 Å². The fourth-order valence-electron chi connectivity index (χ4n) is 2.05. The highest BCUT2D eigenvalue weighted by atomic mass is 35.5. The summed E-state index contributed by atoms with van der Waals surface area (Å²) in [6.45, 7) is 0.451. The van der Waals surface area contributed by atoms with Crippen molar-refractivity contribution in [3.8, 4) is 0 Å². The van der Waals surface area contributed by atoms with Crippen LogP contribution in [0.25, 0.3) is 0 Å². The number of Topliss-reactive ketones (excluding diaryl/α,β-unsaturated/α-hetero) is 1. The van der Waals surface area contributed by atoms with Crippen LogP contribution in [-0.4, -0.2) is 11.6 Å². The topological polar surface area (TPSA) is 46.2 Å². The Morgan fingerprint density at radius 3 is 2.85 bits per heavy atom. The van der Waals surface area contributed by atoms with E-state index in [1.54, 1.807) is 17.5 Å². The number of thiophene rings is 1. The van der Waals surface area contributed by atoms with Crippen molar-refractivity contribution in [2.75, 3.05) is 0 Å². The number of allylic oxidation sites excluding steroid dienone is 2. The number of carbonyl (C=O) groups excluding carboxylic acids is 2. The van der Waals surface area contributed by atoms with Gasteiger partial charge in [-0.2, -0.15) is 0 Å². The number of benzene rings is 1. The van der Waals surface area contributed by atoms with Crippen LogP contribution in [-0.2, 0) is 6.54 Å². The molecular formula is C15H10ClNO2S. The van der Waals surface area contributed by atoms with Gasteiger partial charge in [0.2, 0.25) is 5.78 Å². The lowest BCUT2D eigenvalue weighted by Crippen LogP contribution is -2.25. The number of halogens is 1. The maximum absolute atomic E-state index is 12.2. The van der Waals surface area contributed by atoms with Crippen molar-refractivity contribution in [2.45, 2.75) is 6.54 Å². The molecule has 0 amide bonds. The molecule has 100 valence electrons. The SMILES string of the molecule is O=C1C=C(NCc2cccc(Cl)c2)C(=O)c2sccc21. The zero-order chi connectivity index (χ0) is 14.1. The summed E-state index contributed by atoms with van der Waals surface area (Å²) in [5.74, 6) is -0.258. The average Bonchev–Trinajstić information content (AvgIpc) is 2.91. The Morgan fingerprint density at radius 1 is 1.20 bits per heavy atom. The van der Waals surface area contributed by atoms with E-state index in [4.69, 9.17) is 11.6 Å². The van der Waals surface area contributed by atoms with Crippen molar-refractivity contribution < 1.29 is 9.59 Å². The van der Waals surface area contributed by atoms with Gasteiger partial charge in [0, 0.05) is 23.2 Å². The highest BCUT2D eigenvalue weighted by Crippen LogP contribution is 2.25. The normalized spacial score (nSPS) is 13.9. The first kappa shape index (κ1) is 13.1. The molecule has 0 unspecified atom stereocenters. The van der Waals surface area contributed by atoms with Gasteiger partial charge >= 0.3 is 0 Å². The van der Waals surface area contributed by atoms with Crippen LogP contribution in [0.15, 0.2) is 47.5 Å². The number of ketones is 2. The zero-order valence-corrected chi connectivity index (χ0v) is 11.9. The van der Waals surface area contributed by atoms with Gasteiger partial charge in [-0.1, -0.05) is 23.7 Å². The molecule has 0 bridgehead atoms. The molecule has 1 N–H and O–H groups in total. The Balaban J connectivity index is 1.79. The first-order valence-corrected chi connectivity index (χ1v) is 7.27. The molecule has 0 fully saturated rings. The molecule has 3 nitrogen and oxygen atoms in total. The van der Waals surface area contributed by atoms with Crippen LogP contribution in [0.2, 0.25) is 5.02 Å². The van der Waals surface area contributed by atoms with Gasteiger partial charge in [0.25, 0.3) is 0 Å². The largest absolute Gasteiger partial charge is 0.378 e. The van der Waals surface area contributed by atoms with Gasteiger partial charge in [-0.05, 0) is 29.1 Å². The smallest absolute Gasteiger partial charge is 0.219 e. The molecule has 1 heterocycles. The first-order chi connectivity index (χ1) is 9.65. The second-order valence-corrected chi connectivity index (χ2v) is 5.75. The summed E-state index contributed by atoms with van der Waals surface area (Å²) in [6.07, 6.45) is 1.36. The number of hydrogen-bond acceptors (Lipinski definition) is 4. The lowest BCUT2D eigenvalue weighted by Gasteiger charge is -2.13. The van der Waals surface area contributed by atoms with Gasteiger partial charge in [-0.15, -0.1) is 11.3 Å². The Labute approximate surface area is 124 Å².